The number of aliphatic hydroxyl groups is 2. The summed E-state index contributed by atoms with van der Waals surface area (Å²) in [5, 5.41) is 31.5. The third-order valence-corrected chi connectivity index (χ3v) is 13.3. The van der Waals surface area contributed by atoms with E-state index in [0.717, 1.165) is 128 Å². The highest BCUT2D eigenvalue weighted by molar-refractivity contribution is 5.74. The number of carbonyl (C=O) groups excluding carboxylic acids is 3. The van der Waals surface area contributed by atoms with Gasteiger partial charge in [-0.1, -0.05) is 220 Å². The van der Waals surface area contributed by atoms with Gasteiger partial charge in [0.25, 0.3) is 0 Å². The second-order valence-corrected chi connectivity index (χ2v) is 20.6. The molecule has 0 spiro atoms. The minimum atomic E-state index is -1.92. The lowest BCUT2D eigenvalue weighted by molar-refractivity contribution is -0.301. The molecule has 1 fully saturated rings. The summed E-state index contributed by atoms with van der Waals surface area (Å²) in [6.45, 7) is 5.73. The van der Waals surface area contributed by atoms with Gasteiger partial charge in [-0.05, 0) is 109 Å². The minimum Gasteiger partial charge on any atom is -0.479 e. The molecule has 6 unspecified atom stereocenters. The number of carboxylic acids is 1. The highest BCUT2D eigenvalue weighted by atomic mass is 16.7. The number of allylic oxidation sites excluding steroid dienone is 18. The molecule has 1 heterocycles. The predicted molar refractivity (Wildman–Crippen MR) is 321 cm³/mol. The number of carboxylic acid groups (broad SMARTS) is 1. The molecule has 12 heteroatoms. The molecule has 1 aliphatic rings. The zero-order chi connectivity index (χ0) is 57.5. The number of hydrogen-bond acceptors (Lipinski definition) is 11. The number of carbonyl (C=O) groups is 4. The first-order valence-corrected chi connectivity index (χ1v) is 30.9. The van der Waals surface area contributed by atoms with E-state index < -0.39 is 67.3 Å². The summed E-state index contributed by atoms with van der Waals surface area (Å²) < 4.78 is 28.4. The molecule has 12 nitrogen and oxygen atoms in total. The van der Waals surface area contributed by atoms with E-state index in [9.17, 15) is 34.5 Å². The zero-order valence-corrected chi connectivity index (χ0v) is 49.3. The van der Waals surface area contributed by atoms with E-state index in [1.807, 2.05) is 12.2 Å². The molecule has 0 aromatic heterocycles. The third kappa shape index (κ3) is 43.8. The Kier molecular flexibility index (Phi) is 49.5. The van der Waals surface area contributed by atoms with Gasteiger partial charge in [-0.15, -0.1) is 0 Å². The molecular formula is C67H108O12. The van der Waals surface area contributed by atoms with Gasteiger partial charge in [0.05, 0.1) is 6.61 Å². The smallest absolute Gasteiger partial charge is 0.335 e. The molecule has 0 bridgehead atoms. The fourth-order valence-corrected chi connectivity index (χ4v) is 8.60. The Morgan fingerprint density at radius 3 is 1.33 bits per heavy atom. The van der Waals surface area contributed by atoms with Crippen LogP contribution in [-0.4, -0.2) is 89.2 Å². The monoisotopic (exact) mass is 1100 g/mol. The van der Waals surface area contributed by atoms with E-state index >= 15 is 0 Å². The lowest BCUT2D eigenvalue weighted by Gasteiger charge is -2.40. The van der Waals surface area contributed by atoms with Crippen LogP contribution in [0.3, 0.4) is 0 Å². The quantitative estimate of drug-likeness (QED) is 0.0228. The van der Waals surface area contributed by atoms with Gasteiger partial charge in [0, 0.05) is 19.3 Å². The molecule has 0 amide bonds. The second-order valence-electron chi connectivity index (χ2n) is 20.6. The summed E-state index contributed by atoms with van der Waals surface area (Å²) in [6, 6.07) is 0. The molecule has 448 valence electrons. The molecule has 1 rings (SSSR count). The molecule has 6 atom stereocenters. The highest BCUT2D eigenvalue weighted by Crippen LogP contribution is 2.26. The number of rotatable bonds is 51. The molecule has 0 saturated carbocycles. The third-order valence-electron chi connectivity index (χ3n) is 13.3. The summed E-state index contributed by atoms with van der Waals surface area (Å²) >= 11 is 0. The topological polar surface area (TPSA) is 175 Å². The number of unbranched alkanes of at least 4 members (excludes halogenated alkanes) is 19. The van der Waals surface area contributed by atoms with Gasteiger partial charge < -0.3 is 39.0 Å². The van der Waals surface area contributed by atoms with Gasteiger partial charge in [-0.3, -0.25) is 14.4 Å². The molecule has 1 aliphatic heterocycles. The Hall–Kier alpha value is -4.62. The Bertz CT molecular complexity index is 1790. The number of aliphatic hydroxyl groups excluding tert-OH is 2. The first kappa shape index (κ1) is 72.4. The lowest BCUT2D eigenvalue weighted by Crippen LogP contribution is -2.61. The molecule has 79 heavy (non-hydrogen) atoms. The van der Waals surface area contributed by atoms with Crippen molar-refractivity contribution in [1.29, 1.82) is 0 Å². The Balaban J connectivity index is 2.72. The summed E-state index contributed by atoms with van der Waals surface area (Å²) in [7, 11) is 0. The van der Waals surface area contributed by atoms with Gasteiger partial charge in [-0.25, -0.2) is 4.79 Å². The summed E-state index contributed by atoms with van der Waals surface area (Å²) in [4.78, 5) is 51.2. The van der Waals surface area contributed by atoms with Crippen LogP contribution in [0.4, 0.5) is 0 Å². The molecule has 0 radical (unpaired) electrons. The Labute approximate surface area is 478 Å². The maximum absolute atomic E-state index is 13.1. The van der Waals surface area contributed by atoms with Gasteiger partial charge in [0.15, 0.2) is 24.6 Å². The summed E-state index contributed by atoms with van der Waals surface area (Å²) in [6.07, 6.45) is 60.6. The van der Waals surface area contributed by atoms with Crippen LogP contribution in [0.5, 0.6) is 0 Å². The first-order valence-electron chi connectivity index (χ1n) is 30.9. The van der Waals surface area contributed by atoms with Crippen molar-refractivity contribution in [3.05, 3.63) is 109 Å². The van der Waals surface area contributed by atoms with Crippen molar-refractivity contribution in [1.82, 2.24) is 0 Å². The van der Waals surface area contributed by atoms with E-state index in [0.29, 0.717) is 19.3 Å². The average Bonchev–Trinajstić information content (AvgIpc) is 3.47. The standard InChI is InChI=1S/C67H108O12/c1-4-7-10-13-16-19-22-25-27-29-30-32-33-36-38-41-44-47-50-53-59(68)75-56-58(77-60(69)54-51-48-45-42-39-35-24-21-18-15-12-9-6-3)57-76-67-65(63(72)62(71)64(79-67)66(73)74)78-61(70)55-52-49-46-43-40-37-34-31-28-26-23-20-17-14-11-8-5-2/h7,10,12,15-16,19,21,24-28,30,32,36,38,44,47,58,62-65,67,71-72H,4-6,8-9,11,13-14,17-18,20,22-23,29,31,33-35,37,39-43,45-46,48-57H2,1-3H3,(H,73,74)/b10-7-,15-12-,19-16-,24-21-,27-25-,28-26-,32-30-,38-36-,47-44-. The SMILES string of the molecule is CC/C=C\C/C=C\C/C=C\C/C=C\C/C=C\C/C=C\CCC(=O)OCC(COC1OC(C(=O)O)C(O)C(O)C1OC(=O)CCCCCCCCC/C=C\CCCCCCCC)OC(=O)CCCCCCC/C=C\C/C=C\CCC. The van der Waals surface area contributed by atoms with E-state index in [1.165, 1.54) is 51.4 Å². The van der Waals surface area contributed by atoms with Gasteiger partial charge >= 0.3 is 23.9 Å². The van der Waals surface area contributed by atoms with Crippen LogP contribution in [0.15, 0.2) is 109 Å². The fourth-order valence-electron chi connectivity index (χ4n) is 8.60. The van der Waals surface area contributed by atoms with E-state index in [2.05, 4.69) is 118 Å². The van der Waals surface area contributed by atoms with Gasteiger partial charge in [-0.2, -0.15) is 0 Å². The second kappa shape index (κ2) is 54.0. The lowest BCUT2D eigenvalue weighted by atomic mass is 9.98. The van der Waals surface area contributed by atoms with Crippen LogP contribution in [0.25, 0.3) is 0 Å². The highest BCUT2D eigenvalue weighted by Gasteiger charge is 2.50. The summed E-state index contributed by atoms with van der Waals surface area (Å²) in [5.74, 6) is -3.26. The minimum absolute atomic E-state index is 0.0423. The van der Waals surface area contributed by atoms with Crippen LogP contribution in [-0.2, 0) is 42.9 Å². The Morgan fingerprint density at radius 2 is 0.848 bits per heavy atom. The van der Waals surface area contributed by atoms with Crippen molar-refractivity contribution >= 4 is 23.9 Å². The number of hydrogen-bond donors (Lipinski definition) is 3. The maximum Gasteiger partial charge on any atom is 0.335 e. The van der Waals surface area contributed by atoms with Gasteiger partial charge in [0.1, 0.15) is 18.8 Å². The van der Waals surface area contributed by atoms with Crippen molar-refractivity contribution in [2.24, 2.45) is 0 Å². The van der Waals surface area contributed by atoms with Gasteiger partial charge in [0.2, 0.25) is 0 Å². The van der Waals surface area contributed by atoms with E-state index in [4.69, 9.17) is 23.7 Å². The van der Waals surface area contributed by atoms with Crippen molar-refractivity contribution in [3.63, 3.8) is 0 Å². The van der Waals surface area contributed by atoms with E-state index in [-0.39, 0.29) is 25.9 Å². The fraction of sp³-hybridized carbons (Fsp3) is 0.672. The maximum atomic E-state index is 13.1. The largest absolute Gasteiger partial charge is 0.479 e. The number of aliphatic carboxylic acids is 1. The van der Waals surface area contributed by atoms with Crippen molar-refractivity contribution in [2.45, 2.75) is 276 Å². The van der Waals surface area contributed by atoms with Crippen LogP contribution < -0.4 is 0 Å². The van der Waals surface area contributed by atoms with Crippen molar-refractivity contribution in [2.75, 3.05) is 13.2 Å². The van der Waals surface area contributed by atoms with Crippen molar-refractivity contribution < 1.29 is 58.2 Å². The zero-order valence-electron chi connectivity index (χ0n) is 49.3. The van der Waals surface area contributed by atoms with Crippen LogP contribution >= 0.6 is 0 Å². The molecule has 1 saturated heterocycles. The van der Waals surface area contributed by atoms with Crippen LogP contribution in [0, 0.1) is 0 Å². The molecule has 0 aliphatic carbocycles. The van der Waals surface area contributed by atoms with Crippen LogP contribution in [0.2, 0.25) is 0 Å². The number of ether oxygens (including phenoxy) is 5. The molecule has 0 aromatic carbocycles. The van der Waals surface area contributed by atoms with E-state index in [1.54, 1.807) is 0 Å². The summed E-state index contributed by atoms with van der Waals surface area (Å²) in [5.41, 5.74) is 0. The van der Waals surface area contributed by atoms with Crippen molar-refractivity contribution in [3.8, 4) is 0 Å². The van der Waals surface area contributed by atoms with Crippen LogP contribution in [0.1, 0.15) is 239 Å². The predicted octanol–water partition coefficient (Wildman–Crippen LogP) is 16.2. The molecular weight excluding hydrogens is 997 g/mol. The first-order chi connectivity index (χ1) is 38.6. The average molecular weight is 1110 g/mol. The molecule has 3 N–H and O–H groups in total. The number of esters is 3. The Morgan fingerprint density at radius 1 is 0.430 bits per heavy atom. The normalized spacial score (nSPS) is 18.6. The molecule has 0 aromatic rings.